The second kappa shape index (κ2) is 12.2. The highest BCUT2D eigenvalue weighted by Crippen LogP contribution is 2.41. The summed E-state index contributed by atoms with van der Waals surface area (Å²) in [5, 5.41) is 7.42. The van der Waals surface area contributed by atoms with E-state index in [0.717, 1.165) is 44.4 Å². The molecule has 0 atom stereocenters. The van der Waals surface area contributed by atoms with Crippen LogP contribution in [0.4, 0.5) is 11.4 Å². The van der Waals surface area contributed by atoms with Crippen molar-refractivity contribution in [2.24, 2.45) is 0 Å². The van der Waals surface area contributed by atoms with Gasteiger partial charge in [-0.2, -0.15) is 0 Å². The van der Waals surface area contributed by atoms with Gasteiger partial charge in [0.15, 0.2) is 0 Å². The van der Waals surface area contributed by atoms with Gasteiger partial charge < -0.3 is 24.4 Å². The first-order valence-electron chi connectivity index (χ1n) is 13.2. The Balaban J connectivity index is 0.000000672. The van der Waals surface area contributed by atoms with E-state index in [4.69, 9.17) is 19.4 Å². The standard InChI is InChI=1S/C27H36N2O2.C2H4O2/c1-30-25-12-13-26(21-6-2-3-7-21)27(20-25)29-18-14-24(15-19-29)31-23-10-8-22(9-11-23)28-16-4-5-17-28;1-2(3)4/h8-13,20-21,24H,2-7,14-19H2,1H3;1H3,(H,3,4). The molecule has 2 aromatic carbocycles. The van der Waals surface area contributed by atoms with Crippen LogP contribution < -0.4 is 19.3 Å². The molecule has 6 heteroatoms. The lowest BCUT2D eigenvalue weighted by atomic mass is 9.94. The van der Waals surface area contributed by atoms with Crippen LogP contribution in [0.2, 0.25) is 0 Å². The number of carboxylic acid groups (broad SMARTS) is 1. The molecule has 0 bridgehead atoms. The molecule has 2 saturated heterocycles. The van der Waals surface area contributed by atoms with Gasteiger partial charge in [-0.05, 0) is 67.5 Å². The number of hydrogen-bond acceptors (Lipinski definition) is 5. The van der Waals surface area contributed by atoms with Crippen molar-refractivity contribution in [1.29, 1.82) is 0 Å². The first-order valence-corrected chi connectivity index (χ1v) is 13.2. The van der Waals surface area contributed by atoms with E-state index in [0.29, 0.717) is 12.0 Å². The van der Waals surface area contributed by atoms with Gasteiger partial charge in [-0.1, -0.05) is 18.9 Å². The number of carboxylic acids is 1. The minimum Gasteiger partial charge on any atom is -0.497 e. The largest absolute Gasteiger partial charge is 0.497 e. The van der Waals surface area contributed by atoms with Crippen molar-refractivity contribution in [2.45, 2.75) is 70.3 Å². The van der Waals surface area contributed by atoms with Crippen LogP contribution in [0.5, 0.6) is 11.5 Å². The lowest BCUT2D eigenvalue weighted by Crippen LogP contribution is -2.38. The van der Waals surface area contributed by atoms with E-state index in [-0.39, 0.29) is 0 Å². The summed E-state index contributed by atoms with van der Waals surface area (Å²) in [4.78, 5) is 14.0. The van der Waals surface area contributed by atoms with Crippen LogP contribution in [-0.4, -0.2) is 50.5 Å². The summed E-state index contributed by atoms with van der Waals surface area (Å²) in [5.41, 5.74) is 4.24. The van der Waals surface area contributed by atoms with Crippen molar-refractivity contribution >= 4 is 17.3 Å². The number of benzene rings is 2. The Kier molecular flexibility index (Phi) is 8.78. The molecule has 2 aliphatic heterocycles. The Bertz CT molecular complexity index is 938. The third-order valence-corrected chi connectivity index (χ3v) is 7.43. The zero-order valence-electron chi connectivity index (χ0n) is 21.2. The fourth-order valence-corrected chi connectivity index (χ4v) is 5.62. The summed E-state index contributed by atoms with van der Waals surface area (Å²) >= 11 is 0. The summed E-state index contributed by atoms with van der Waals surface area (Å²) in [6.07, 6.45) is 10.4. The molecule has 3 aliphatic rings. The molecule has 2 aromatic rings. The molecule has 0 spiro atoms. The van der Waals surface area contributed by atoms with Crippen LogP contribution in [-0.2, 0) is 4.79 Å². The number of hydrogen-bond donors (Lipinski definition) is 1. The highest BCUT2D eigenvalue weighted by molar-refractivity contribution is 5.63. The van der Waals surface area contributed by atoms with Crippen molar-refractivity contribution in [2.75, 3.05) is 43.1 Å². The van der Waals surface area contributed by atoms with Gasteiger partial charge in [0, 0.05) is 63.4 Å². The van der Waals surface area contributed by atoms with Crippen LogP contribution in [0.15, 0.2) is 42.5 Å². The molecular weight excluding hydrogens is 440 g/mol. The highest BCUT2D eigenvalue weighted by Gasteiger charge is 2.26. The Hall–Kier alpha value is -2.89. The van der Waals surface area contributed by atoms with Crippen molar-refractivity contribution in [3.05, 3.63) is 48.0 Å². The summed E-state index contributed by atoms with van der Waals surface area (Å²) in [6.45, 7) is 5.55. The van der Waals surface area contributed by atoms with Crippen LogP contribution >= 0.6 is 0 Å². The highest BCUT2D eigenvalue weighted by atomic mass is 16.5. The van der Waals surface area contributed by atoms with Crippen LogP contribution in [0.3, 0.4) is 0 Å². The third kappa shape index (κ3) is 6.83. The molecule has 0 unspecified atom stereocenters. The number of carbonyl (C=O) groups is 1. The lowest BCUT2D eigenvalue weighted by Gasteiger charge is -2.36. The summed E-state index contributed by atoms with van der Waals surface area (Å²) in [5.74, 6) is 1.85. The predicted molar refractivity (Wildman–Crippen MR) is 141 cm³/mol. The quantitative estimate of drug-likeness (QED) is 0.540. The number of nitrogens with zero attached hydrogens (tertiary/aromatic N) is 2. The molecule has 0 radical (unpaired) electrons. The maximum absolute atomic E-state index is 9.00. The topological polar surface area (TPSA) is 62.2 Å². The van der Waals surface area contributed by atoms with Gasteiger partial charge in [0.2, 0.25) is 0 Å². The molecule has 6 nitrogen and oxygen atoms in total. The maximum Gasteiger partial charge on any atom is 0.300 e. The Morgan fingerprint density at radius 1 is 0.829 bits per heavy atom. The molecule has 190 valence electrons. The first-order chi connectivity index (χ1) is 17.0. The van der Waals surface area contributed by atoms with Crippen molar-refractivity contribution < 1.29 is 19.4 Å². The molecule has 2 heterocycles. The Morgan fingerprint density at radius 2 is 1.43 bits per heavy atom. The smallest absolute Gasteiger partial charge is 0.300 e. The zero-order valence-corrected chi connectivity index (χ0v) is 21.2. The predicted octanol–water partition coefficient (Wildman–Crippen LogP) is 6.09. The van der Waals surface area contributed by atoms with E-state index in [2.05, 4.69) is 52.3 Å². The second-order valence-corrected chi connectivity index (χ2v) is 9.92. The number of piperidine rings is 1. The molecule has 3 fully saturated rings. The summed E-state index contributed by atoms with van der Waals surface area (Å²) in [7, 11) is 1.77. The fourth-order valence-electron chi connectivity index (χ4n) is 5.62. The van der Waals surface area contributed by atoms with Gasteiger partial charge in [-0.25, -0.2) is 0 Å². The molecule has 1 saturated carbocycles. The van der Waals surface area contributed by atoms with Crippen molar-refractivity contribution in [3.63, 3.8) is 0 Å². The zero-order chi connectivity index (χ0) is 24.6. The van der Waals surface area contributed by atoms with Crippen molar-refractivity contribution in [1.82, 2.24) is 0 Å². The van der Waals surface area contributed by atoms with E-state index in [1.54, 1.807) is 7.11 Å². The van der Waals surface area contributed by atoms with Gasteiger partial charge in [-0.15, -0.1) is 0 Å². The number of anilines is 2. The van der Waals surface area contributed by atoms with Gasteiger partial charge in [0.05, 0.1) is 7.11 Å². The van der Waals surface area contributed by atoms with E-state index in [1.807, 2.05) is 0 Å². The normalized spacial score (nSPS) is 18.8. The van der Waals surface area contributed by atoms with E-state index < -0.39 is 5.97 Å². The number of methoxy groups -OCH3 is 1. The molecule has 35 heavy (non-hydrogen) atoms. The lowest BCUT2D eigenvalue weighted by molar-refractivity contribution is -0.134. The number of aliphatic carboxylic acids is 1. The summed E-state index contributed by atoms with van der Waals surface area (Å²) in [6, 6.07) is 15.5. The maximum atomic E-state index is 9.00. The minimum absolute atomic E-state index is 0.300. The van der Waals surface area contributed by atoms with E-state index in [1.165, 1.54) is 68.6 Å². The summed E-state index contributed by atoms with van der Waals surface area (Å²) < 4.78 is 11.9. The molecular formula is C29H40N2O4. The van der Waals surface area contributed by atoms with E-state index in [9.17, 15) is 0 Å². The molecule has 1 N–H and O–H groups in total. The van der Waals surface area contributed by atoms with Crippen LogP contribution in [0.1, 0.15) is 69.8 Å². The molecule has 0 amide bonds. The molecule has 1 aliphatic carbocycles. The first kappa shape index (κ1) is 25.2. The molecule has 0 aromatic heterocycles. The van der Waals surface area contributed by atoms with Crippen molar-refractivity contribution in [3.8, 4) is 11.5 Å². The average Bonchev–Trinajstić information content (AvgIpc) is 3.59. The van der Waals surface area contributed by atoms with E-state index >= 15 is 0 Å². The monoisotopic (exact) mass is 480 g/mol. The van der Waals surface area contributed by atoms with Crippen LogP contribution in [0.25, 0.3) is 0 Å². The Morgan fingerprint density at radius 3 is 2.03 bits per heavy atom. The number of ether oxygens (including phenoxy) is 2. The minimum atomic E-state index is -0.833. The Labute approximate surface area is 209 Å². The molecule has 5 rings (SSSR count). The average molecular weight is 481 g/mol. The van der Waals surface area contributed by atoms with Gasteiger partial charge in [0.25, 0.3) is 5.97 Å². The van der Waals surface area contributed by atoms with Gasteiger partial charge in [0.1, 0.15) is 17.6 Å². The second-order valence-electron chi connectivity index (χ2n) is 9.92. The van der Waals surface area contributed by atoms with Gasteiger partial charge >= 0.3 is 0 Å². The SMILES string of the molecule is CC(=O)O.COc1ccc(C2CCCC2)c(N2CCC(Oc3ccc(N4CCCC4)cc3)CC2)c1. The van der Waals surface area contributed by atoms with Crippen LogP contribution in [0, 0.1) is 0 Å². The third-order valence-electron chi connectivity index (χ3n) is 7.43. The number of rotatable bonds is 6. The fraction of sp³-hybridized carbons (Fsp3) is 0.552. The van der Waals surface area contributed by atoms with Gasteiger partial charge in [-0.3, -0.25) is 4.79 Å².